The zero-order valence-corrected chi connectivity index (χ0v) is 14.4. The molecule has 2 atom stereocenters. The fourth-order valence-corrected chi connectivity index (χ4v) is 3.69. The van der Waals surface area contributed by atoms with Crippen LogP contribution in [0.2, 0.25) is 0 Å². The standard InChI is InChI=1S/C18H23N5O2/c1-3-14-13(7-9-25-14)18(24)21-17-16(12-10-19-22(2)11-12)20-15-6-4-5-8-23(15)17/h3,10-11,13-14H,1,4-9H2,2H3,(H,21,24)/t13-,14+/m1/s1. The predicted molar refractivity (Wildman–Crippen MR) is 94.0 cm³/mol. The van der Waals surface area contributed by atoms with Gasteiger partial charge >= 0.3 is 0 Å². The number of carbonyl (C=O) groups is 1. The molecule has 7 nitrogen and oxygen atoms in total. The van der Waals surface area contributed by atoms with Gasteiger partial charge in [0.2, 0.25) is 5.91 Å². The SMILES string of the molecule is C=C[C@@H]1OCC[C@H]1C(=O)Nc1c(-c2cnn(C)c2)nc2n1CCCC2. The summed E-state index contributed by atoms with van der Waals surface area (Å²) in [7, 11) is 1.88. The number of anilines is 1. The fraction of sp³-hybridized carbons (Fsp3) is 0.500. The first-order valence-electron chi connectivity index (χ1n) is 8.81. The fourth-order valence-electron chi connectivity index (χ4n) is 3.69. The second kappa shape index (κ2) is 6.48. The topological polar surface area (TPSA) is 74.0 Å². The molecule has 2 aromatic rings. The van der Waals surface area contributed by atoms with Gasteiger partial charge in [-0.15, -0.1) is 6.58 Å². The van der Waals surface area contributed by atoms with Gasteiger partial charge in [0.05, 0.1) is 18.2 Å². The summed E-state index contributed by atoms with van der Waals surface area (Å²) in [5, 5.41) is 7.37. The highest BCUT2D eigenvalue weighted by Crippen LogP contribution is 2.33. The van der Waals surface area contributed by atoms with Crippen molar-refractivity contribution in [2.45, 2.75) is 38.3 Å². The van der Waals surface area contributed by atoms with E-state index >= 15 is 0 Å². The molecule has 7 heteroatoms. The van der Waals surface area contributed by atoms with Crippen molar-refractivity contribution in [3.05, 3.63) is 30.9 Å². The number of imidazole rings is 1. The molecule has 1 fully saturated rings. The smallest absolute Gasteiger partial charge is 0.231 e. The number of hydrogen-bond acceptors (Lipinski definition) is 4. The monoisotopic (exact) mass is 341 g/mol. The maximum absolute atomic E-state index is 12.9. The van der Waals surface area contributed by atoms with Crippen molar-refractivity contribution < 1.29 is 9.53 Å². The molecule has 4 heterocycles. The molecule has 2 aromatic heterocycles. The van der Waals surface area contributed by atoms with Crippen LogP contribution < -0.4 is 5.32 Å². The van der Waals surface area contributed by atoms with Crippen molar-refractivity contribution in [3.8, 4) is 11.3 Å². The Morgan fingerprint density at radius 1 is 1.48 bits per heavy atom. The van der Waals surface area contributed by atoms with E-state index in [0.29, 0.717) is 13.0 Å². The van der Waals surface area contributed by atoms with Crippen LogP contribution in [0.15, 0.2) is 25.0 Å². The predicted octanol–water partition coefficient (Wildman–Crippen LogP) is 2.15. The summed E-state index contributed by atoms with van der Waals surface area (Å²) in [5.41, 5.74) is 1.72. The van der Waals surface area contributed by atoms with Crippen LogP contribution in [-0.4, -0.2) is 37.9 Å². The number of carbonyl (C=O) groups excluding carboxylic acids is 1. The Hall–Kier alpha value is -2.41. The minimum absolute atomic E-state index is 0.0270. The lowest BCUT2D eigenvalue weighted by Crippen LogP contribution is -2.29. The maximum Gasteiger partial charge on any atom is 0.231 e. The van der Waals surface area contributed by atoms with Crippen LogP contribution >= 0.6 is 0 Å². The van der Waals surface area contributed by atoms with Gasteiger partial charge in [-0.05, 0) is 19.3 Å². The highest BCUT2D eigenvalue weighted by Gasteiger charge is 2.33. The Balaban J connectivity index is 1.69. The van der Waals surface area contributed by atoms with Gasteiger partial charge in [-0.2, -0.15) is 5.10 Å². The van der Waals surface area contributed by atoms with Gasteiger partial charge in [-0.25, -0.2) is 4.98 Å². The molecule has 25 heavy (non-hydrogen) atoms. The lowest BCUT2D eigenvalue weighted by Gasteiger charge is -2.19. The number of aromatic nitrogens is 4. The van der Waals surface area contributed by atoms with Gasteiger partial charge in [0.25, 0.3) is 0 Å². The van der Waals surface area contributed by atoms with Crippen LogP contribution in [0.5, 0.6) is 0 Å². The summed E-state index contributed by atoms with van der Waals surface area (Å²) in [4.78, 5) is 17.7. The van der Waals surface area contributed by atoms with Crippen LogP contribution in [0.3, 0.4) is 0 Å². The van der Waals surface area contributed by atoms with Gasteiger partial charge in [0, 0.05) is 38.4 Å². The number of fused-ring (bicyclic) bond motifs is 1. The van der Waals surface area contributed by atoms with Gasteiger partial charge in [0.15, 0.2) is 0 Å². The molecule has 0 radical (unpaired) electrons. The molecule has 0 aliphatic carbocycles. The normalized spacial score (nSPS) is 22.6. The molecular formula is C18H23N5O2. The maximum atomic E-state index is 12.9. The van der Waals surface area contributed by atoms with E-state index in [1.807, 2.05) is 13.2 Å². The van der Waals surface area contributed by atoms with Crippen molar-refractivity contribution in [1.82, 2.24) is 19.3 Å². The summed E-state index contributed by atoms with van der Waals surface area (Å²) >= 11 is 0. The molecule has 2 aliphatic rings. The van der Waals surface area contributed by atoms with Crippen LogP contribution in [0.4, 0.5) is 5.82 Å². The molecule has 0 bridgehead atoms. The summed E-state index contributed by atoms with van der Waals surface area (Å²) in [6, 6.07) is 0. The van der Waals surface area contributed by atoms with E-state index in [0.717, 1.165) is 48.7 Å². The molecule has 0 saturated carbocycles. The molecule has 1 amide bonds. The third kappa shape index (κ3) is 2.89. The molecule has 1 saturated heterocycles. The zero-order valence-electron chi connectivity index (χ0n) is 14.4. The van der Waals surface area contributed by atoms with Crippen molar-refractivity contribution in [1.29, 1.82) is 0 Å². The number of aryl methyl sites for hydroxylation is 2. The number of nitrogens with zero attached hydrogens (tertiary/aromatic N) is 4. The molecule has 2 aliphatic heterocycles. The van der Waals surface area contributed by atoms with Crippen LogP contribution in [0, 0.1) is 5.92 Å². The highest BCUT2D eigenvalue weighted by atomic mass is 16.5. The van der Waals surface area contributed by atoms with Crippen molar-refractivity contribution in [2.24, 2.45) is 13.0 Å². The van der Waals surface area contributed by atoms with E-state index in [1.54, 1.807) is 17.0 Å². The van der Waals surface area contributed by atoms with Gasteiger partial charge < -0.3 is 14.6 Å². The second-order valence-corrected chi connectivity index (χ2v) is 6.69. The van der Waals surface area contributed by atoms with E-state index in [2.05, 4.69) is 21.6 Å². The Bertz CT molecular complexity index is 806. The number of amides is 1. The van der Waals surface area contributed by atoms with E-state index in [9.17, 15) is 4.79 Å². The Kier molecular flexibility index (Phi) is 4.17. The van der Waals surface area contributed by atoms with Crippen molar-refractivity contribution in [3.63, 3.8) is 0 Å². The molecular weight excluding hydrogens is 318 g/mol. The van der Waals surface area contributed by atoms with E-state index < -0.39 is 0 Å². The molecule has 0 unspecified atom stereocenters. The molecule has 0 spiro atoms. The van der Waals surface area contributed by atoms with Crippen molar-refractivity contribution in [2.75, 3.05) is 11.9 Å². The van der Waals surface area contributed by atoms with Crippen molar-refractivity contribution >= 4 is 11.7 Å². The quantitative estimate of drug-likeness (QED) is 0.865. The van der Waals surface area contributed by atoms with E-state index in [1.165, 1.54) is 0 Å². The first-order valence-corrected chi connectivity index (χ1v) is 8.81. The first kappa shape index (κ1) is 16.1. The lowest BCUT2D eigenvalue weighted by molar-refractivity contribution is -0.120. The zero-order chi connectivity index (χ0) is 17.4. The van der Waals surface area contributed by atoms with E-state index in [4.69, 9.17) is 9.72 Å². The Morgan fingerprint density at radius 2 is 2.36 bits per heavy atom. The third-order valence-corrected chi connectivity index (χ3v) is 5.00. The summed E-state index contributed by atoms with van der Waals surface area (Å²) < 4.78 is 9.46. The number of hydrogen-bond donors (Lipinski definition) is 1. The lowest BCUT2D eigenvalue weighted by atomic mass is 10.0. The summed E-state index contributed by atoms with van der Waals surface area (Å²) in [5.74, 6) is 1.58. The van der Waals surface area contributed by atoms with Crippen LogP contribution in [0.25, 0.3) is 11.3 Å². The first-order chi connectivity index (χ1) is 12.2. The average Bonchev–Trinajstić information content (AvgIpc) is 3.33. The number of nitrogens with one attached hydrogen (secondary N) is 1. The van der Waals surface area contributed by atoms with Gasteiger partial charge in [0.1, 0.15) is 17.3 Å². The van der Waals surface area contributed by atoms with Gasteiger partial charge in [-0.3, -0.25) is 9.48 Å². The minimum Gasteiger partial charge on any atom is -0.373 e. The minimum atomic E-state index is -0.217. The molecule has 0 aromatic carbocycles. The molecule has 1 N–H and O–H groups in total. The second-order valence-electron chi connectivity index (χ2n) is 6.69. The van der Waals surface area contributed by atoms with E-state index in [-0.39, 0.29) is 17.9 Å². The summed E-state index contributed by atoms with van der Waals surface area (Å²) in [6.07, 6.45) is 9.09. The Morgan fingerprint density at radius 3 is 3.12 bits per heavy atom. The van der Waals surface area contributed by atoms with Crippen LogP contribution in [0.1, 0.15) is 25.1 Å². The molecule has 4 rings (SSSR count). The van der Waals surface area contributed by atoms with Gasteiger partial charge in [-0.1, -0.05) is 6.08 Å². The highest BCUT2D eigenvalue weighted by molar-refractivity contribution is 5.95. The van der Waals surface area contributed by atoms with Crippen LogP contribution in [-0.2, 0) is 29.5 Å². The summed E-state index contributed by atoms with van der Waals surface area (Å²) in [6.45, 7) is 5.25. The third-order valence-electron chi connectivity index (χ3n) is 5.00. The Labute approximate surface area is 146 Å². The largest absolute Gasteiger partial charge is 0.373 e. The number of rotatable bonds is 4. The molecule has 132 valence electrons. The average molecular weight is 341 g/mol. The number of ether oxygens (including phenoxy) is 1.